The number of carbonyl (C=O) groups is 1. The second-order valence-corrected chi connectivity index (χ2v) is 7.44. The molecule has 0 bridgehead atoms. The van der Waals surface area contributed by atoms with Crippen molar-refractivity contribution in [3.63, 3.8) is 0 Å². The number of hydrogen-bond donors (Lipinski definition) is 0. The third-order valence-corrected chi connectivity index (χ3v) is 5.64. The van der Waals surface area contributed by atoms with E-state index in [1.54, 1.807) is 23.0 Å². The Morgan fingerprint density at radius 2 is 2.04 bits per heavy atom. The van der Waals surface area contributed by atoms with Gasteiger partial charge in [0.25, 0.3) is 0 Å². The molecular formula is C19H18FN3OS. The zero-order valence-corrected chi connectivity index (χ0v) is 14.6. The van der Waals surface area contributed by atoms with Gasteiger partial charge < -0.3 is 0 Å². The van der Waals surface area contributed by atoms with Crippen molar-refractivity contribution in [3.05, 3.63) is 41.9 Å². The predicted octanol–water partition coefficient (Wildman–Crippen LogP) is 4.54. The van der Waals surface area contributed by atoms with Gasteiger partial charge in [0, 0.05) is 17.8 Å². The summed E-state index contributed by atoms with van der Waals surface area (Å²) in [7, 11) is 0. The largest absolute Gasteiger partial charge is 0.296 e. The Morgan fingerprint density at radius 3 is 2.80 bits per heavy atom. The Morgan fingerprint density at radius 1 is 1.20 bits per heavy atom. The van der Waals surface area contributed by atoms with Crippen molar-refractivity contribution in [2.24, 2.45) is 0 Å². The van der Waals surface area contributed by atoms with Crippen LogP contribution in [-0.2, 0) is 11.2 Å². The van der Waals surface area contributed by atoms with Crippen LogP contribution in [0.3, 0.4) is 0 Å². The molecule has 0 amide bonds. The molecule has 0 saturated heterocycles. The molecule has 2 aromatic heterocycles. The van der Waals surface area contributed by atoms with Gasteiger partial charge in [-0.1, -0.05) is 18.6 Å². The Hall–Kier alpha value is -2.21. The van der Waals surface area contributed by atoms with E-state index < -0.39 is 5.67 Å². The van der Waals surface area contributed by atoms with Crippen LogP contribution in [0, 0.1) is 0 Å². The van der Waals surface area contributed by atoms with Gasteiger partial charge in [0.15, 0.2) is 11.5 Å². The van der Waals surface area contributed by atoms with E-state index in [4.69, 9.17) is 0 Å². The molecule has 0 N–H and O–H groups in total. The van der Waals surface area contributed by atoms with Crippen molar-refractivity contribution in [1.82, 2.24) is 15.0 Å². The average Bonchev–Trinajstić information content (AvgIpc) is 3.16. The normalized spacial score (nSPS) is 16.8. The highest BCUT2D eigenvalue weighted by Gasteiger charge is 2.39. The molecule has 0 unspecified atom stereocenters. The highest BCUT2D eigenvalue weighted by Crippen LogP contribution is 2.33. The molecule has 2 heterocycles. The van der Waals surface area contributed by atoms with Crippen LogP contribution >= 0.6 is 11.3 Å². The van der Waals surface area contributed by atoms with Crippen LogP contribution in [0.1, 0.15) is 37.9 Å². The van der Waals surface area contributed by atoms with Crippen LogP contribution in [-0.4, -0.2) is 26.4 Å². The minimum Gasteiger partial charge on any atom is -0.296 e. The highest BCUT2D eigenvalue weighted by molar-refractivity contribution is 7.13. The summed E-state index contributed by atoms with van der Waals surface area (Å²) in [6.07, 6.45) is 6.69. The Labute approximate surface area is 149 Å². The number of thiazole rings is 1. The molecule has 0 spiro atoms. The van der Waals surface area contributed by atoms with Crippen molar-refractivity contribution in [3.8, 4) is 10.4 Å². The first-order valence-corrected chi connectivity index (χ1v) is 9.39. The maximum atomic E-state index is 14.8. The fourth-order valence-corrected chi connectivity index (χ4v) is 3.97. The van der Waals surface area contributed by atoms with Crippen molar-refractivity contribution in [1.29, 1.82) is 0 Å². The minimum absolute atomic E-state index is 0.0444. The van der Waals surface area contributed by atoms with Crippen molar-refractivity contribution in [2.45, 2.75) is 44.2 Å². The summed E-state index contributed by atoms with van der Waals surface area (Å²) in [6, 6.07) is 5.92. The molecule has 1 aliphatic rings. The number of aromatic nitrogens is 3. The molecule has 1 aliphatic carbocycles. The third-order valence-electron chi connectivity index (χ3n) is 4.81. The summed E-state index contributed by atoms with van der Waals surface area (Å²) >= 11 is 1.56. The van der Waals surface area contributed by atoms with Crippen LogP contribution in [0.25, 0.3) is 21.3 Å². The van der Waals surface area contributed by atoms with Gasteiger partial charge in [-0.05, 0) is 37.3 Å². The van der Waals surface area contributed by atoms with Gasteiger partial charge in [0.1, 0.15) is 5.82 Å². The summed E-state index contributed by atoms with van der Waals surface area (Å²) in [5.41, 5.74) is 1.88. The second-order valence-electron chi connectivity index (χ2n) is 6.55. The number of fused-ring (bicyclic) bond motifs is 1. The predicted molar refractivity (Wildman–Crippen MR) is 96.3 cm³/mol. The summed E-state index contributed by atoms with van der Waals surface area (Å²) < 4.78 is 14.8. The molecule has 4 rings (SSSR count). The standard InChI is InChI=1S/C19H18FN3OS/c20-19(6-2-1-3-7-19)17(24)9-18-22-10-14-5-4-13(8-15(14)23-18)16-11-21-12-25-16/h4-5,8,10-12H,1-3,6-7,9H2. The number of Topliss-reactive ketones (excluding diaryl/α,β-unsaturated/α-hetero) is 1. The number of carbonyl (C=O) groups excluding carboxylic acids is 1. The van der Waals surface area contributed by atoms with E-state index in [0.717, 1.165) is 40.6 Å². The van der Waals surface area contributed by atoms with Gasteiger partial charge >= 0.3 is 0 Å². The van der Waals surface area contributed by atoms with Gasteiger partial charge in [0.2, 0.25) is 0 Å². The van der Waals surface area contributed by atoms with Gasteiger partial charge in [-0.15, -0.1) is 11.3 Å². The van der Waals surface area contributed by atoms with Crippen LogP contribution in [0.4, 0.5) is 4.39 Å². The van der Waals surface area contributed by atoms with Crippen LogP contribution in [0.2, 0.25) is 0 Å². The summed E-state index contributed by atoms with van der Waals surface area (Å²) in [4.78, 5) is 26.3. The van der Waals surface area contributed by atoms with E-state index in [2.05, 4.69) is 15.0 Å². The molecule has 1 aromatic carbocycles. The first-order chi connectivity index (χ1) is 12.1. The molecule has 3 aromatic rings. The van der Waals surface area contributed by atoms with Crippen molar-refractivity contribution in [2.75, 3.05) is 0 Å². The lowest BCUT2D eigenvalue weighted by atomic mass is 9.82. The molecule has 1 saturated carbocycles. The van der Waals surface area contributed by atoms with Gasteiger partial charge in [0.05, 0.1) is 22.3 Å². The van der Waals surface area contributed by atoms with Gasteiger partial charge in [-0.25, -0.2) is 14.4 Å². The fourth-order valence-electron chi connectivity index (χ4n) is 3.35. The number of rotatable bonds is 4. The first-order valence-electron chi connectivity index (χ1n) is 8.51. The van der Waals surface area contributed by atoms with Crippen LogP contribution in [0.5, 0.6) is 0 Å². The number of benzene rings is 1. The first kappa shape index (κ1) is 16.3. The summed E-state index contributed by atoms with van der Waals surface area (Å²) in [5, 5.41) is 0.900. The maximum absolute atomic E-state index is 14.8. The lowest BCUT2D eigenvalue weighted by molar-refractivity contribution is -0.132. The Bertz CT molecular complexity index is 904. The lowest BCUT2D eigenvalue weighted by Gasteiger charge is -2.27. The van der Waals surface area contributed by atoms with Crippen molar-refractivity contribution >= 4 is 28.0 Å². The molecule has 6 heteroatoms. The fraction of sp³-hybridized carbons (Fsp3) is 0.368. The van der Waals surface area contributed by atoms with Crippen LogP contribution in [0.15, 0.2) is 36.1 Å². The van der Waals surface area contributed by atoms with Crippen molar-refractivity contribution < 1.29 is 9.18 Å². The van der Waals surface area contributed by atoms with E-state index >= 15 is 0 Å². The Balaban J connectivity index is 1.60. The quantitative estimate of drug-likeness (QED) is 0.689. The second kappa shape index (κ2) is 6.59. The molecule has 0 radical (unpaired) electrons. The Kier molecular flexibility index (Phi) is 4.29. The van der Waals surface area contributed by atoms with E-state index in [9.17, 15) is 9.18 Å². The lowest BCUT2D eigenvalue weighted by Crippen LogP contribution is -2.37. The number of ketones is 1. The third kappa shape index (κ3) is 3.31. The van der Waals surface area contributed by atoms with Crippen LogP contribution < -0.4 is 0 Å². The number of halogens is 1. The summed E-state index contributed by atoms with van der Waals surface area (Å²) in [6.45, 7) is 0. The molecule has 128 valence electrons. The monoisotopic (exact) mass is 355 g/mol. The van der Waals surface area contributed by atoms with Gasteiger partial charge in [-0.2, -0.15) is 0 Å². The molecule has 0 atom stereocenters. The molecule has 4 nitrogen and oxygen atoms in total. The molecular weight excluding hydrogens is 337 g/mol. The summed E-state index contributed by atoms with van der Waals surface area (Å²) in [5.74, 6) is 0.00622. The maximum Gasteiger partial charge on any atom is 0.177 e. The zero-order chi connectivity index (χ0) is 17.3. The minimum atomic E-state index is -1.69. The van der Waals surface area contributed by atoms with E-state index in [1.165, 1.54) is 0 Å². The topological polar surface area (TPSA) is 55.7 Å². The molecule has 1 fully saturated rings. The van der Waals surface area contributed by atoms with E-state index in [-0.39, 0.29) is 12.2 Å². The number of nitrogens with zero attached hydrogens (tertiary/aromatic N) is 3. The van der Waals surface area contributed by atoms with Gasteiger partial charge in [-0.3, -0.25) is 9.78 Å². The van der Waals surface area contributed by atoms with E-state index in [0.29, 0.717) is 18.7 Å². The molecule has 25 heavy (non-hydrogen) atoms. The van der Waals surface area contributed by atoms with E-state index in [1.807, 2.05) is 24.4 Å². The number of hydrogen-bond acceptors (Lipinski definition) is 5. The average molecular weight is 355 g/mol. The zero-order valence-electron chi connectivity index (χ0n) is 13.7. The SMILES string of the molecule is O=C(Cc1ncc2ccc(-c3cncs3)cc2n1)C1(F)CCCCC1. The molecule has 0 aliphatic heterocycles. The number of alkyl halides is 1. The smallest absolute Gasteiger partial charge is 0.177 e. The highest BCUT2D eigenvalue weighted by atomic mass is 32.1.